The van der Waals surface area contributed by atoms with E-state index in [-0.39, 0.29) is 11.4 Å². The van der Waals surface area contributed by atoms with Crippen LogP contribution in [0.4, 0.5) is 0 Å². The molecule has 0 bridgehead atoms. The number of hydrogen-bond donors (Lipinski definition) is 1. The highest BCUT2D eigenvalue weighted by atomic mass is 35.5. The smallest absolute Gasteiger partial charge is 0.273 e. The summed E-state index contributed by atoms with van der Waals surface area (Å²) in [6.45, 7) is 4.53. The van der Waals surface area contributed by atoms with Gasteiger partial charge >= 0.3 is 0 Å². The maximum atomic E-state index is 12.7. The number of nitrogens with zero attached hydrogens (tertiary/aromatic N) is 4. The predicted molar refractivity (Wildman–Crippen MR) is 107 cm³/mol. The highest BCUT2D eigenvalue weighted by molar-refractivity contribution is 6.31. The van der Waals surface area contributed by atoms with Gasteiger partial charge < -0.3 is 10.1 Å². The topological polar surface area (TPSA) is 72.3 Å². The molecule has 2 aromatic rings. The molecule has 0 unspecified atom stereocenters. The molecule has 1 aliphatic heterocycles. The van der Waals surface area contributed by atoms with Crippen molar-refractivity contribution in [3.8, 4) is 0 Å². The summed E-state index contributed by atoms with van der Waals surface area (Å²) in [5, 5.41) is 11.9. The Labute approximate surface area is 170 Å². The van der Waals surface area contributed by atoms with E-state index in [2.05, 4.69) is 20.5 Å². The van der Waals surface area contributed by atoms with Crippen LogP contribution in [0.1, 0.15) is 41.7 Å². The number of hydrogen-bond acceptors (Lipinski definition) is 5. The fourth-order valence-corrected chi connectivity index (χ4v) is 4.49. The number of halogens is 1. The molecular weight excluding hydrogens is 378 g/mol. The number of carbonyl (C=O) groups is 1. The number of aromatic nitrogens is 3. The Bertz CT molecular complexity index is 812. The van der Waals surface area contributed by atoms with E-state index in [9.17, 15) is 4.79 Å². The highest BCUT2D eigenvalue weighted by Crippen LogP contribution is 2.35. The first-order valence-corrected chi connectivity index (χ1v) is 10.3. The van der Waals surface area contributed by atoms with Gasteiger partial charge in [-0.15, -0.1) is 5.10 Å². The molecule has 150 valence electrons. The van der Waals surface area contributed by atoms with Gasteiger partial charge in [0.1, 0.15) is 0 Å². The molecule has 1 saturated carbocycles. The molecule has 7 nitrogen and oxygen atoms in total. The number of ether oxygens (including phenoxy) is 1. The van der Waals surface area contributed by atoms with Crippen LogP contribution in [-0.2, 0) is 11.3 Å². The lowest BCUT2D eigenvalue weighted by molar-refractivity contribution is -0.0199. The number of benzene rings is 1. The number of morpholine rings is 1. The summed E-state index contributed by atoms with van der Waals surface area (Å²) in [7, 11) is 0. The van der Waals surface area contributed by atoms with Crippen LogP contribution in [0.3, 0.4) is 0 Å². The van der Waals surface area contributed by atoms with Crippen molar-refractivity contribution in [1.29, 1.82) is 0 Å². The lowest BCUT2D eigenvalue weighted by atomic mass is 9.94. The van der Waals surface area contributed by atoms with Crippen LogP contribution in [0, 0.1) is 0 Å². The second kappa shape index (κ2) is 8.59. The molecule has 2 aliphatic rings. The minimum Gasteiger partial charge on any atom is -0.379 e. The van der Waals surface area contributed by atoms with E-state index in [0.717, 1.165) is 44.7 Å². The minimum atomic E-state index is -0.176. The first kappa shape index (κ1) is 19.4. The Morgan fingerprint density at radius 1 is 1.21 bits per heavy atom. The van der Waals surface area contributed by atoms with Crippen LogP contribution in [0.15, 0.2) is 30.5 Å². The zero-order valence-electron chi connectivity index (χ0n) is 15.9. The second-order valence-corrected chi connectivity index (χ2v) is 8.01. The van der Waals surface area contributed by atoms with E-state index in [0.29, 0.717) is 23.8 Å². The Morgan fingerprint density at radius 2 is 1.96 bits per heavy atom. The summed E-state index contributed by atoms with van der Waals surface area (Å²) >= 11 is 6.20. The number of nitrogens with one attached hydrogen (secondary N) is 1. The molecule has 8 heteroatoms. The molecule has 1 saturated heterocycles. The van der Waals surface area contributed by atoms with Crippen molar-refractivity contribution < 1.29 is 9.53 Å². The molecule has 1 amide bonds. The average molecular weight is 404 g/mol. The van der Waals surface area contributed by atoms with E-state index in [4.69, 9.17) is 16.3 Å². The third-order valence-corrected chi connectivity index (χ3v) is 6.22. The maximum absolute atomic E-state index is 12.7. The molecular formula is C20H26ClN5O2. The van der Waals surface area contributed by atoms with Gasteiger partial charge in [0.05, 0.1) is 26.0 Å². The Hall–Kier alpha value is -1.96. The van der Waals surface area contributed by atoms with Crippen LogP contribution in [0.5, 0.6) is 0 Å². The molecule has 1 aromatic heterocycles. The first-order chi connectivity index (χ1) is 13.7. The fourth-order valence-electron chi connectivity index (χ4n) is 4.29. The molecule has 1 N–H and O–H groups in total. The predicted octanol–water partition coefficient (Wildman–Crippen LogP) is 2.35. The van der Waals surface area contributed by atoms with Crippen molar-refractivity contribution in [2.24, 2.45) is 0 Å². The Balaban J connectivity index is 1.38. The number of carbonyl (C=O) groups excluding carboxylic acids is 1. The molecule has 2 fully saturated rings. The van der Waals surface area contributed by atoms with Crippen LogP contribution in [-0.4, -0.2) is 64.2 Å². The van der Waals surface area contributed by atoms with Crippen molar-refractivity contribution in [1.82, 2.24) is 25.2 Å². The van der Waals surface area contributed by atoms with Crippen LogP contribution < -0.4 is 5.32 Å². The molecule has 0 radical (unpaired) electrons. The van der Waals surface area contributed by atoms with Crippen LogP contribution in [0.2, 0.25) is 5.02 Å². The summed E-state index contributed by atoms with van der Waals surface area (Å²) in [6, 6.07) is 7.60. The Kier molecular flexibility index (Phi) is 5.94. The van der Waals surface area contributed by atoms with Gasteiger partial charge in [-0.05, 0) is 24.5 Å². The molecule has 0 atom stereocenters. The quantitative estimate of drug-likeness (QED) is 0.801. The summed E-state index contributed by atoms with van der Waals surface area (Å²) in [5.41, 5.74) is 1.33. The molecule has 1 aromatic carbocycles. The lowest BCUT2D eigenvalue weighted by Crippen LogP contribution is -2.57. The summed E-state index contributed by atoms with van der Waals surface area (Å²) in [4.78, 5) is 15.2. The molecule has 28 heavy (non-hydrogen) atoms. The van der Waals surface area contributed by atoms with Crippen LogP contribution >= 0.6 is 11.6 Å². The van der Waals surface area contributed by atoms with E-state index in [1.807, 2.05) is 24.3 Å². The molecule has 2 heterocycles. The van der Waals surface area contributed by atoms with Crippen molar-refractivity contribution in [2.45, 2.75) is 37.8 Å². The van der Waals surface area contributed by atoms with Crippen molar-refractivity contribution in [3.63, 3.8) is 0 Å². The number of amides is 1. The zero-order valence-corrected chi connectivity index (χ0v) is 16.7. The first-order valence-electron chi connectivity index (χ1n) is 9.91. The summed E-state index contributed by atoms with van der Waals surface area (Å²) < 4.78 is 7.14. The van der Waals surface area contributed by atoms with E-state index in [1.165, 1.54) is 12.8 Å². The third kappa shape index (κ3) is 4.21. The average Bonchev–Trinajstić information content (AvgIpc) is 3.39. The normalized spacial score (nSPS) is 19.6. The second-order valence-electron chi connectivity index (χ2n) is 7.61. The summed E-state index contributed by atoms with van der Waals surface area (Å²) in [6.07, 6.45) is 6.33. The van der Waals surface area contributed by atoms with E-state index in [1.54, 1.807) is 10.9 Å². The van der Waals surface area contributed by atoms with Gasteiger partial charge in [-0.2, -0.15) is 0 Å². The molecule has 4 rings (SSSR count). The van der Waals surface area contributed by atoms with Crippen molar-refractivity contribution in [2.75, 3.05) is 32.8 Å². The van der Waals surface area contributed by atoms with Gasteiger partial charge in [-0.25, -0.2) is 4.68 Å². The monoisotopic (exact) mass is 403 g/mol. The lowest BCUT2D eigenvalue weighted by Gasteiger charge is -2.43. The van der Waals surface area contributed by atoms with E-state index < -0.39 is 0 Å². The SMILES string of the molecule is O=C(NCC1(N2CCOCC2)CCCC1)c1cn(Cc2ccccc2Cl)nn1. The van der Waals surface area contributed by atoms with Crippen molar-refractivity contribution >= 4 is 17.5 Å². The van der Waals surface area contributed by atoms with Gasteiger partial charge in [-0.3, -0.25) is 9.69 Å². The maximum Gasteiger partial charge on any atom is 0.273 e. The standard InChI is InChI=1S/C20H26ClN5O2/c21-17-6-2-1-5-16(17)13-26-14-18(23-24-26)19(27)22-15-20(7-3-4-8-20)25-9-11-28-12-10-25/h1-2,5-6,14H,3-4,7-13,15H2,(H,22,27). The third-order valence-electron chi connectivity index (χ3n) is 5.86. The minimum absolute atomic E-state index is 0.0486. The largest absolute Gasteiger partial charge is 0.379 e. The number of rotatable bonds is 6. The van der Waals surface area contributed by atoms with Gasteiger partial charge in [0.2, 0.25) is 0 Å². The van der Waals surface area contributed by atoms with Gasteiger partial charge in [0.15, 0.2) is 5.69 Å². The van der Waals surface area contributed by atoms with Crippen LogP contribution in [0.25, 0.3) is 0 Å². The van der Waals surface area contributed by atoms with Crippen molar-refractivity contribution in [3.05, 3.63) is 46.7 Å². The van der Waals surface area contributed by atoms with Gasteiger partial charge in [0, 0.05) is 30.2 Å². The van der Waals surface area contributed by atoms with Gasteiger partial charge in [-0.1, -0.05) is 47.9 Å². The molecule has 1 aliphatic carbocycles. The Morgan fingerprint density at radius 3 is 2.71 bits per heavy atom. The molecule has 0 spiro atoms. The highest BCUT2D eigenvalue weighted by Gasteiger charge is 2.40. The van der Waals surface area contributed by atoms with Gasteiger partial charge in [0.25, 0.3) is 5.91 Å². The fraction of sp³-hybridized carbons (Fsp3) is 0.550. The van der Waals surface area contributed by atoms with E-state index >= 15 is 0 Å². The zero-order chi connectivity index (χ0) is 19.4. The summed E-state index contributed by atoms with van der Waals surface area (Å²) in [5.74, 6) is -0.176.